The molecule has 134 valence electrons. The lowest BCUT2D eigenvalue weighted by atomic mass is 10.1. The number of methoxy groups -OCH3 is 1. The van der Waals surface area contributed by atoms with Gasteiger partial charge in [0.25, 0.3) is 0 Å². The van der Waals surface area contributed by atoms with Crippen molar-refractivity contribution in [2.24, 2.45) is 5.92 Å². The first kappa shape index (κ1) is 16.7. The summed E-state index contributed by atoms with van der Waals surface area (Å²) in [4.78, 5) is 0.775. The Balaban J connectivity index is 1.59. The fraction of sp³-hybridized carbons (Fsp3) is 0.333. The second-order valence-corrected chi connectivity index (χ2v) is 7.58. The van der Waals surface area contributed by atoms with Crippen LogP contribution in [0.1, 0.15) is 30.9 Å². The molecular weight excluding hydrogens is 348 g/mol. The first-order valence-corrected chi connectivity index (χ1v) is 9.32. The van der Waals surface area contributed by atoms with Crippen molar-refractivity contribution in [1.82, 2.24) is 30.0 Å². The zero-order valence-electron chi connectivity index (χ0n) is 14.9. The third-order valence-corrected chi connectivity index (χ3v) is 4.98. The molecule has 0 aliphatic carbocycles. The Morgan fingerprint density at radius 3 is 2.73 bits per heavy atom. The topological polar surface area (TPSA) is 81.0 Å². The highest BCUT2D eigenvalue weighted by atomic mass is 32.1. The van der Waals surface area contributed by atoms with E-state index in [0.29, 0.717) is 12.3 Å². The summed E-state index contributed by atoms with van der Waals surface area (Å²) < 4.78 is 7.01. The molecule has 26 heavy (non-hydrogen) atoms. The monoisotopic (exact) mass is 368 g/mol. The average Bonchev–Trinajstić information content (AvgIpc) is 3.32. The van der Waals surface area contributed by atoms with Gasteiger partial charge in [-0.25, -0.2) is 0 Å². The van der Waals surface area contributed by atoms with Crippen LogP contribution in [0.3, 0.4) is 0 Å². The molecule has 0 unspecified atom stereocenters. The van der Waals surface area contributed by atoms with E-state index in [1.807, 2.05) is 24.3 Å². The molecule has 0 aliphatic heterocycles. The van der Waals surface area contributed by atoms with Crippen molar-refractivity contribution in [3.05, 3.63) is 47.4 Å². The molecule has 7 nitrogen and oxygen atoms in total. The highest BCUT2D eigenvalue weighted by molar-refractivity contribution is 7.19. The van der Waals surface area contributed by atoms with E-state index < -0.39 is 0 Å². The van der Waals surface area contributed by atoms with Gasteiger partial charge in [0.15, 0.2) is 10.8 Å². The summed E-state index contributed by atoms with van der Waals surface area (Å²) in [5, 5.41) is 21.5. The van der Waals surface area contributed by atoms with Gasteiger partial charge in [0.05, 0.1) is 7.11 Å². The minimum atomic E-state index is 0.581. The van der Waals surface area contributed by atoms with E-state index in [2.05, 4.69) is 45.4 Å². The van der Waals surface area contributed by atoms with Gasteiger partial charge in [0.2, 0.25) is 4.96 Å². The summed E-state index contributed by atoms with van der Waals surface area (Å²) in [7, 11) is 1.66. The standard InChI is InChI=1S/C18H20N6OS/c1-11(2)8-13-10-15(20-19-13)17-23-24-16(21-22-18(24)26-17)9-12-4-6-14(25-3)7-5-12/h4-7,10-11H,8-9H2,1-3H3,(H,19,20). The van der Waals surface area contributed by atoms with Gasteiger partial charge in [-0.3, -0.25) is 5.10 Å². The van der Waals surface area contributed by atoms with E-state index in [9.17, 15) is 0 Å². The van der Waals surface area contributed by atoms with Crippen LogP contribution in [0.15, 0.2) is 30.3 Å². The molecule has 3 aromatic heterocycles. The number of rotatable bonds is 6. The summed E-state index contributed by atoms with van der Waals surface area (Å²) >= 11 is 1.50. The van der Waals surface area contributed by atoms with Crippen LogP contribution in [0.4, 0.5) is 0 Å². The Labute approximate surface area is 155 Å². The third-order valence-electron chi connectivity index (χ3n) is 4.05. The highest BCUT2D eigenvalue weighted by Crippen LogP contribution is 2.25. The first-order chi connectivity index (χ1) is 12.6. The minimum absolute atomic E-state index is 0.581. The average molecular weight is 368 g/mol. The fourth-order valence-corrected chi connectivity index (χ4v) is 3.63. The second kappa shape index (κ2) is 6.87. The molecular formula is C18H20N6OS. The van der Waals surface area contributed by atoms with Gasteiger partial charge in [-0.15, -0.1) is 10.2 Å². The molecule has 3 heterocycles. The lowest BCUT2D eigenvalue weighted by Gasteiger charge is -2.01. The predicted molar refractivity (Wildman–Crippen MR) is 101 cm³/mol. The van der Waals surface area contributed by atoms with Gasteiger partial charge >= 0.3 is 0 Å². The van der Waals surface area contributed by atoms with Gasteiger partial charge in [-0.05, 0) is 36.1 Å². The van der Waals surface area contributed by atoms with E-state index in [4.69, 9.17) is 4.74 Å². The zero-order chi connectivity index (χ0) is 18.1. The molecule has 4 aromatic rings. The summed E-state index contributed by atoms with van der Waals surface area (Å²) in [6.07, 6.45) is 1.63. The van der Waals surface area contributed by atoms with Crippen molar-refractivity contribution in [3.63, 3.8) is 0 Å². The molecule has 0 fully saturated rings. The molecule has 0 aliphatic rings. The van der Waals surface area contributed by atoms with Crippen LogP contribution < -0.4 is 4.74 Å². The van der Waals surface area contributed by atoms with Crippen molar-refractivity contribution in [3.8, 4) is 16.5 Å². The van der Waals surface area contributed by atoms with Crippen LogP contribution in [0.2, 0.25) is 0 Å². The normalized spacial score (nSPS) is 11.5. The van der Waals surface area contributed by atoms with Gasteiger partial charge < -0.3 is 4.74 Å². The van der Waals surface area contributed by atoms with E-state index >= 15 is 0 Å². The molecule has 0 atom stereocenters. The molecule has 0 radical (unpaired) electrons. The fourth-order valence-electron chi connectivity index (χ4n) is 2.81. The van der Waals surface area contributed by atoms with Crippen LogP contribution in [0, 0.1) is 5.92 Å². The largest absolute Gasteiger partial charge is 0.497 e. The van der Waals surface area contributed by atoms with Crippen LogP contribution in [0.25, 0.3) is 15.7 Å². The van der Waals surface area contributed by atoms with Crippen LogP contribution in [-0.4, -0.2) is 37.1 Å². The number of nitrogens with one attached hydrogen (secondary N) is 1. The summed E-state index contributed by atoms with van der Waals surface area (Å²) in [5.74, 6) is 2.23. The number of aromatic nitrogens is 6. The van der Waals surface area contributed by atoms with E-state index in [1.165, 1.54) is 11.3 Å². The molecule has 1 aromatic carbocycles. The lowest BCUT2D eigenvalue weighted by molar-refractivity contribution is 0.414. The lowest BCUT2D eigenvalue weighted by Crippen LogP contribution is -1.98. The molecule has 8 heteroatoms. The van der Waals surface area contributed by atoms with Crippen LogP contribution >= 0.6 is 11.3 Å². The molecule has 0 saturated heterocycles. The van der Waals surface area contributed by atoms with Gasteiger partial charge in [-0.1, -0.05) is 37.3 Å². The number of aromatic amines is 1. The maximum absolute atomic E-state index is 5.20. The molecule has 0 amide bonds. The van der Waals surface area contributed by atoms with Gasteiger partial charge in [0.1, 0.15) is 11.4 Å². The van der Waals surface area contributed by atoms with E-state index in [-0.39, 0.29) is 0 Å². The van der Waals surface area contributed by atoms with Crippen molar-refractivity contribution in [2.45, 2.75) is 26.7 Å². The Bertz CT molecular complexity index is 1010. The van der Waals surface area contributed by atoms with Crippen molar-refractivity contribution >= 4 is 16.3 Å². The summed E-state index contributed by atoms with van der Waals surface area (Å²) in [6, 6.07) is 10.0. The smallest absolute Gasteiger partial charge is 0.235 e. The van der Waals surface area contributed by atoms with E-state index in [0.717, 1.165) is 44.9 Å². The van der Waals surface area contributed by atoms with Crippen molar-refractivity contribution < 1.29 is 4.74 Å². The van der Waals surface area contributed by atoms with E-state index in [1.54, 1.807) is 11.6 Å². The number of hydrogen-bond acceptors (Lipinski definition) is 6. The Morgan fingerprint density at radius 2 is 2.00 bits per heavy atom. The maximum atomic E-state index is 5.20. The Morgan fingerprint density at radius 1 is 1.19 bits per heavy atom. The number of ether oxygens (including phenoxy) is 1. The van der Waals surface area contributed by atoms with Crippen LogP contribution in [0.5, 0.6) is 5.75 Å². The first-order valence-electron chi connectivity index (χ1n) is 8.51. The molecule has 1 N–H and O–H groups in total. The van der Waals surface area contributed by atoms with Crippen molar-refractivity contribution in [1.29, 1.82) is 0 Å². The number of nitrogens with zero attached hydrogens (tertiary/aromatic N) is 5. The molecule has 4 rings (SSSR count). The minimum Gasteiger partial charge on any atom is -0.497 e. The SMILES string of the molecule is COc1ccc(Cc2nnc3sc(-c4cc(CC(C)C)[nH]n4)nn23)cc1. The molecule has 0 bridgehead atoms. The molecule has 0 saturated carbocycles. The number of benzene rings is 1. The number of H-pyrrole nitrogens is 1. The highest BCUT2D eigenvalue weighted by Gasteiger charge is 2.15. The van der Waals surface area contributed by atoms with Gasteiger partial charge in [-0.2, -0.15) is 14.7 Å². The predicted octanol–water partition coefficient (Wildman–Crippen LogP) is 3.37. The van der Waals surface area contributed by atoms with Crippen LogP contribution in [-0.2, 0) is 12.8 Å². The van der Waals surface area contributed by atoms with Crippen molar-refractivity contribution in [2.75, 3.05) is 7.11 Å². The summed E-state index contributed by atoms with van der Waals surface area (Å²) in [5.41, 5.74) is 3.11. The Hall–Kier alpha value is -2.74. The Kier molecular flexibility index (Phi) is 4.42. The summed E-state index contributed by atoms with van der Waals surface area (Å²) in [6.45, 7) is 4.38. The van der Waals surface area contributed by atoms with Gasteiger partial charge in [0, 0.05) is 12.1 Å². The third kappa shape index (κ3) is 3.32. The maximum Gasteiger partial charge on any atom is 0.235 e. The molecule has 0 spiro atoms. The zero-order valence-corrected chi connectivity index (χ0v) is 15.7. The number of fused-ring (bicyclic) bond motifs is 1. The number of hydrogen-bond donors (Lipinski definition) is 1. The quantitative estimate of drug-likeness (QED) is 0.564. The second-order valence-electron chi connectivity index (χ2n) is 6.62.